The lowest BCUT2D eigenvalue weighted by molar-refractivity contribution is 0.359. The first-order valence-corrected chi connectivity index (χ1v) is 7.59. The van der Waals surface area contributed by atoms with Crippen LogP contribution in [0, 0.1) is 17.3 Å². The van der Waals surface area contributed by atoms with Gasteiger partial charge in [-0.3, -0.25) is 0 Å². The van der Waals surface area contributed by atoms with Crippen LogP contribution in [0.4, 0.5) is 0 Å². The predicted molar refractivity (Wildman–Crippen MR) is 73.7 cm³/mol. The number of rotatable bonds is 9. The fraction of sp³-hybridized carbons (Fsp3) is 1.00. The van der Waals surface area contributed by atoms with Crippen LogP contribution in [0.15, 0.2) is 0 Å². The highest BCUT2D eigenvalue weighted by molar-refractivity contribution is 4.87. The van der Waals surface area contributed by atoms with Crippen LogP contribution in [0.25, 0.3) is 0 Å². The highest BCUT2D eigenvalue weighted by Gasteiger charge is 2.36. The summed E-state index contributed by atoms with van der Waals surface area (Å²) in [6.07, 6.45) is 13.1. The van der Waals surface area contributed by atoms with E-state index in [0.29, 0.717) is 0 Å². The fourth-order valence-corrected chi connectivity index (χ4v) is 2.70. The summed E-state index contributed by atoms with van der Waals surface area (Å²) in [6.45, 7) is 9.60. The van der Waals surface area contributed by atoms with E-state index in [1.54, 1.807) is 0 Å². The lowest BCUT2D eigenvalue weighted by Crippen LogP contribution is -2.03. The van der Waals surface area contributed by atoms with Gasteiger partial charge in [0.25, 0.3) is 0 Å². The molecular weight excluding hydrogens is 192 g/mol. The van der Waals surface area contributed by atoms with Gasteiger partial charge in [0.1, 0.15) is 0 Å². The molecule has 0 heteroatoms. The van der Waals surface area contributed by atoms with Crippen molar-refractivity contribution in [3.8, 4) is 0 Å². The third-order valence-corrected chi connectivity index (χ3v) is 4.80. The van der Waals surface area contributed by atoms with E-state index in [9.17, 15) is 0 Å². The van der Waals surface area contributed by atoms with Crippen LogP contribution in [0.5, 0.6) is 0 Å². The van der Waals surface area contributed by atoms with Gasteiger partial charge in [0.15, 0.2) is 0 Å². The van der Waals surface area contributed by atoms with E-state index in [-0.39, 0.29) is 0 Å². The summed E-state index contributed by atoms with van der Waals surface area (Å²) < 4.78 is 0. The van der Waals surface area contributed by atoms with Gasteiger partial charge in [0.05, 0.1) is 0 Å². The molecule has 0 saturated heterocycles. The molecule has 0 aromatic carbocycles. The van der Waals surface area contributed by atoms with Gasteiger partial charge in [0.2, 0.25) is 0 Å². The minimum Gasteiger partial charge on any atom is -0.0651 e. The van der Waals surface area contributed by atoms with Gasteiger partial charge in [-0.2, -0.15) is 0 Å². The second-order valence-electron chi connectivity index (χ2n) is 6.57. The van der Waals surface area contributed by atoms with E-state index >= 15 is 0 Å². The predicted octanol–water partition coefficient (Wildman–Crippen LogP) is 5.81. The quantitative estimate of drug-likeness (QED) is 0.463. The maximum Gasteiger partial charge on any atom is -0.0325 e. The van der Waals surface area contributed by atoms with Crippen molar-refractivity contribution in [3.05, 3.63) is 0 Å². The van der Waals surface area contributed by atoms with Gasteiger partial charge in [-0.1, -0.05) is 66.2 Å². The molecule has 96 valence electrons. The van der Waals surface area contributed by atoms with E-state index < -0.39 is 0 Å². The molecule has 1 aliphatic rings. The molecule has 0 aromatic heterocycles. The first-order valence-electron chi connectivity index (χ1n) is 7.59. The van der Waals surface area contributed by atoms with Gasteiger partial charge in [-0.15, -0.1) is 0 Å². The van der Waals surface area contributed by atoms with E-state index in [1.807, 2.05) is 0 Å². The van der Waals surface area contributed by atoms with Gasteiger partial charge >= 0.3 is 0 Å². The molecule has 1 saturated carbocycles. The lowest BCUT2D eigenvalue weighted by Gasteiger charge is -2.17. The highest BCUT2D eigenvalue weighted by atomic mass is 14.4. The number of hydrogen-bond donors (Lipinski definition) is 0. The minimum atomic E-state index is 0.773. The Balaban J connectivity index is 1.99. The van der Waals surface area contributed by atoms with Crippen LogP contribution < -0.4 is 0 Å². The summed E-state index contributed by atoms with van der Waals surface area (Å²) in [5.74, 6) is 1.95. The summed E-state index contributed by atoms with van der Waals surface area (Å²) in [7, 11) is 0. The zero-order valence-corrected chi connectivity index (χ0v) is 12.0. The van der Waals surface area contributed by atoms with E-state index in [1.165, 1.54) is 57.8 Å². The van der Waals surface area contributed by atoms with Gasteiger partial charge in [-0.05, 0) is 36.5 Å². The zero-order valence-electron chi connectivity index (χ0n) is 12.0. The average molecular weight is 224 g/mol. The summed E-state index contributed by atoms with van der Waals surface area (Å²) in [5.41, 5.74) is 0.773. The summed E-state index contributed by atoms with van der Waals surface area (Å²) >= 11 is 0. The molecule has 16 heavy (non-hydrogen) atoms. The van der Waals surface area contributed by atoms with Crippen LogP contribution in [-0.2, 0) is 0 Å². The van der Waals surface area contributed by atoms with Crippen molar-refractivity contribution in [1.29, 1.82) is 0 Å². The Hall–Kier alpha value is 0. The molecule has 1 fully saturated rings. The third-order valence-electron chi connectivity index (χ3n) is 4.80. The molecule has 1 rings (SSSR count). The average Bonchev–Trinajstić information content (AvgIpc) is 2.98. The van der Waals surface area contributed by atoms with E-state index in [2.05, 4.69) is 27.7 Å². The molecule has 1 aliphatic carbocycles. The van der Waals surface area contributed by atoms with Crippen molar-refractivity contribution >= 4 is 0 Å². The molecule has 0 aliphatic heterocycles. The van der Waals surface area contributed by atoms with E-state index in [0.717, 1.165) is 17.3 Å². The summed E-state index contributed by atoms with van der Waals surface area (Å²) in [6, 6.07) is 0. The molecule has 1 unspecified atom stereocenters. The normalized spacial score (nSPS) is 20.1. The second kappa shape index (κ2) is 6.67. The number of hydrogen-bond acceptors (Lipinski definition) is 0. The van der Waals surface area contributed by atoms with Gasteiger partial charge in [-0.25, -0.2) is 0 Å². The Bertz CT molecular complexity index is 174. The topological polar surface area (TPSA) is 0 Å². The van der Waals surface area contributed by atoms with Gasteiger partial charge < -0.3 is 0 Å². The highest BCUT2D eigenvalue weighted by Crippen LogP contribution is 2.49. The van der Waals surface area contributed by atoms with Crippen LogP contribution in [0.1, 0.15) is 85.5 Å². The lowest BCUT2D eigenvalue weighted by atomic mass is 9.89. The molecule has 0 heterocycles. The fourth-order valence-electron chi connectivity index (χ4n) is 2.70. The SMILES string of the molecule is CCC(CC)CCC(C)CCCC1(C)CC1. The van der Waals surface area contributed by atoms with Crippen molar-refractivity contribution in [1.82, 2.24) is 0 Å². The maximum atomic E-state index is 2.46. The van der Waals surface area contributed by atoms with Crippen LogP contribution in [-0.4, -0.2) is 0 Å². The van der Waals surface area contributed by atoms with Crippen molar-refractivity contribution in [2.75, 3.05) is 0 Å². The van der Waals surface area contributed by atoms with Crippen molar-refractivity contribution < 1.29 is 0 Å². The molecule has 1 atom stereocenters. The molecule has 0 radical (unpaired) electrons. The third kappa shape index (κ3) is 5.37. The van der Waals surface area contributed by atoms with Crippen LogP contribution >= 0.6 is 0 Å². The van der Waals surface area contributed by atoms with Crippen molar-refractivity contribution in [2.45, 2.75) is 85.5 Å². The minimum absolute atomic E-state index is 0.773. The van der Waals surface area contributed by atoms with Crippen LogP contribution in [0.3, 0.4) is 0 Å². The molecule has 0 amide bonds. The Morgan fingerprint density at radius 1 is 1.00 bits per heavy atom. The standard InChI is InChI=1S/C16H32/c1-5-15(6-2)10-9-14(3)8-7-11-16(4)12-13-16/h14-15H,5-13H2,1-4H3. The Morgan fingerprint density at radius 3 is 2.12 bits per heavy atom. The first-order chi connectivity index (χ1) is 7.59. The molecular formula is C16H32. The Kier molecular flexibility index (Phi) is 5.86. The molecule has 0 aromatic rings. The summed E-state index contributed by atoms with van der Waals surface area (Å²) in [5, 5.41) is 0. The van der Waals surface area contributed by atoms with Crippen LogP contribution in [0.2, 0.25) is 0 Å². The zero-order chi connectivity index (χ0) is 12.0. The van der Waals surface area contributed by atoms with E-state index in [4.69, 9.17) is 0 Å². The maximum absolute atomic E-state index is 2.46. The molecule has 0 nitrogen and oxygen atoms in total. The molecule has 0 spiro atoms. The second-order valence-corrected chi connectivity index (χ2v) is 6.57. The van der Waals surface area contributed by atoms with Gasteiger partial charge in [0, 0.05) is 0 Å². The smallest absolute Gasteiger partial charge is 0.0325 e. The largest absolute Gasteiger partial charge is 0.0651 e. The first kappa shape index (κ1) is 14.1. The van der Waals surface area contributed by atoms with Crippen molar-refractivity contribution in [2.24, 2.45) is 17.3 Å². The Morgan fingerprint density at radius 2 is 1.62 bits per heavy atom. The Labute approximate surface area is 103 Å². The monoisotopic (exact) mass is 224 g/mol. The van der Waals surface area contributed by atoms with Crippen molar-refractivity contribution in [3.63, 3.8) is 0 Å². The molecule has 0 bridgehead atoms. The molecule has 0 N–H and O–H groups in total. The summed E-state index contributed by atoms with van der Waals surface area (Å²) in [4.78, 5) is 0.